The fourth-order valence-electron chi connectivity index (χ4n) is 2.25. The molecule has 0 aromatic heterocycles. The van der Waals surface area contributed by atoms with Crippen LogP contribution in [0.1, 0.15) is 24.8 Å². The van der Waals surface area contributed by atoms with Crippen molar-refractivity contribution >= 4 is 15.8 Å². The van der Waals surface area contributed by atoms with Gasteiger partial charge >= 0.3 is 0 Å². The number of benzene rings is 1. The third-order valence-electron chi connectivity index (χ3n) is 3.12. The summed E-state index contributed by atoms with van der Waals surface area (Å²) in [4.78, 5) is 2.31. The molecule has 0 radical (unpaired) electrons. The van der Waals surface area contributed by atoms with Gasteiger partial charge in [-0.05, 0) is 25.3 Å². The van der Waals surface area contributed by atoms with Crippen molar-refractivity contribution in [3.8, 4) is 0 Å². The smallest absolute Gasteiger partial charge is 0.264 e. The molecule has 0 aliphatic carbocycles. The molecule has 4 nitrogen and oxygen atoms in total. The summed E-state index contributed by atoms with van der Waals surface area (Å²) in [5.41, 5.74) is 2.03. The highest BCUT2D eigenvalue weighted by molar-refractivity contribution is 7.85. The van der Waals surface area contributed by atoms with Gasteiger partial charge in [0.2, 0.25) is 0 Å². The second kappa shape index (κ2) is 5.71. The summed E-state index contributed by atoms with van der Waals surface area (Å²) in [6.07, 6.45) is 4.75. The van der Waals surface area contributed by atoms with Crippen LogP contribution in [0.5, 0.6) is 0 Å². The second-order valence-electron chi connectivity index (χ2n) is 4.64. The Kier molecular flexibility index (Phi) is 4.24. The molecule has 1 fully saturated rings. The Morgan fingerprint density at radius 1 is 1.17 bits per heavy atom. The number of rotatable bonds is 4. The van der Waals surface area contributed by atoms with E-state index in [1.807, 2.05) is 24.3 Å². The van der Waals surface area contributed by atoms with Crippen molar-refractivity contribution in [1.82, 2.24) is 0 Å². The van der Waals surface area contributed by atoms with E-state index in [1.54, 1.807) is 0 Å². The predicted octanol–water partition coefficient (Wildman–Crippen LogP) is 2.15. The molecule has 0 atom stereocenters. The van der Waals surface area contributed by atoms with E-state index in [1.165, 1.54) is 19.3 Å². The van der Waals surface area contributed by atoms with E-state index in [-0.39, 0.29) is 6.61 Å². The molecule has 1 heterocycles. The van der Waals surface area contributed by atoms with E-state index >= 15 is 0 Å². The zero-order chi connectivity index (χ0) is 13.0. The highest BCUT2D eigenvalue weighted by Gasteiger charge is 2.15. The Hall–Kier alpha value is -1.07. The molecule has 1 aromatic rings. The van der Waals surface area contributed by atoms with Crippen LogP contribution in [-0.2, 0) is 20.9 Å². The minimum atomic E-state index is -3.39. The number of anilines is 1. The van der Waals surface area contributed by atoms with Gasteiger partial charge in [-0.3, -0.25) is 4.18 Å². The van der Waals surface area contributed by atoms with Crippen LogP contribution in [0.4, 0.5) is 5.69 Å². The zero-order valence-corrected chi connectivity index (χ0v) is 11.4. The molecule has 1 aromatic carbocycles. The molecule has 18 heavy (non-hydrogen) atoms. The third-order valence-corrected chi connectivity index (χ3v) is 3.66. The fraction of sp³-hybridized carbons (Fsp3) is 0.538. The molecule has 0 saturated carbocycles. The van der Waals surface area contributed by atoms with Gasteiger partial charge in [0.05, 0.1) is 12.9 Å². The lowest BCUT2D eigenvalue weighted by Gasteiger charge is -2.30. The maximum absolute atomic E-state index is 11.1. The van der Waals surface area contributed by atoms with Gasteiger partial charge < -0.3 is 4.90 Å². The average molecular weight is 269 g/mol. The molecule has 100 valence electrons. The number of hydrogen-bond donors (Lipinski definition) is 0. The molecular weight excluding hydrogens is 250 g/mol. The SMILES string of the molecule is CS(=O)(=O)OCc1ccccc1N1CCCCC1. The van der Waals surface area contributed by atoms with Gasteiger partial charge in [-0.15, -0.1) is 0 Å². The quantitative estimate of drug-likeness (QED) is 0.786. The maximum Gasteiger partial charge on any atom is 0.264 e. The predicted molar refractivity (Wildman–Crippen MR) is 72.1 cm³/mol. The minimum Gasteiger partial charge on any atom is -0.371 e. The van der Waals surface area contributed by atoms with Crippen molar-refractivity contribution in [2.75, 3.05) is 24.2 Å². The zero-order valence-electron chi connectivity index (χ0n) is 10.6. The standard InChI is InChI=1S/C13H19NO3S/c1-18(15,16)17-11-12-7-3-4-8-13(12)14-9-5-2-6-10-14/h3-4,7-8H,2,5-6,9-11H2,1H3. The van der Waals surface area contributed by atoms with E-state index in [0.29, 0.717) is 0 Å². The van der Waals surface area contributed by atoms with E-state index in [2.05, 4.69) is 4.90 Å². The van der Waals surface area contributed by atoms with Crippen LogP contribution >= 0.6 is 0 Å². The second-order valence-corrected chi connectivity index (χ2v) is 6.29. The lowest BCUT2D eigenvalue weighted by atomic mass is 10.1. The number of para-hydroxylation sites is 1. The summed E-state index contributed by atoms with van der Waals surface area (Å²) >= 11 is 0. The monoisotopic (exact) mass is 269 g/mol. The first-order valence-electron chi connectivity index (χ1n) is 6.23. The molecule has 1 aliphatic heterocycles. The highest BCUT2D eigenvalue weighted by Crippen LogP contribution is 2.24. The molecule has 5 heteroatoms. The maximum atomic E-state index is 11.1. The number of piperidine rings is 1. The van der Waals surface area contributed by atoms with Gasteiger partial charge in [0, 0.05) is 24.3 Å². The van der Waals surface area contributed by atoms with Gasteiger partial charge in [-0.2, -0.15) is 8.42 Å². The normalized spacial score (nSPS) is 16.8. The van der Waals surface area contributed by atoms with E-state index in [0.717, 1.165) is 30.6 Å². The van der Waals surface area contributed by atoms with Crippen LogP contribution in [-0.4, -0.2) is 27.8 Å². The van der Waals surface area contributed by atoms with Gasteiger partial charge in [0.1, 0.15) is 0 Å². The molecule has 1 aliphatic rings. The van der Waals surface area contributed by atoms with Crippen molar-refractivity contribution in [3.63, 3.8) is 0 Å². The number of nitrogens with zero attached hydrogens (tertiary/aromatic N) is 1. The van der Waals surface area contributed by atoms with Gasteiger partial charge in [0.25, 0.3) is 10.1 Å². The summed E-state index contributed by atoms with van der Waals surface area (Å²) in [5.74, 6) is 0. The molecule has 0 bridgehead atoms. The van der Waals surface area contributed by atoms with Crippen LogP contribution in [0, 0.1) is 0 Å². The average Bonchev–Trinajstić information content (AvgIpc) is 2.37. The lowest BCUT2D eigenvalue weighted by molar-refractivity contribution is 0.311. The van der Waals surface area contributed by atoms with Crippen molar-refractivity contribution in [2.45, 2.75) is 25.9 Å². The summed E-state index contributed by atoms with van der Waals surface area (Å²) in [7, 11) is -3.39. The third kappa shape index (κ3) is 3.71. The van der Waals surface area contributed by atoms with E-state index < -0.39 is 10.1 Å². The summed E-state index contributed by atoms with van der Waals surface area (Å²) in [6.45, 7) is 2.19. The Morgan fingerprint density at radius 2 is 1.83 bits per heavy atom. The van der Waals surface area contributed by atoms with Crippen LogP contribution < -0.4 is 4.90 Å². The molecule has 0 amide bonds. The molecule has 0 unspecified atom stereocenters. The first-order valence-corrected chi connectivity index (χ1v) is 8.05. The molecule has 0 spiro atoms. The van der Waals surface area contributed by atoms with Crippen LogP contribution in [0.2, 0.25) is 0 Å². The Labute approximate surface area is 109 Å². The summed E-state index contributed by atoms with van der Waals surface area (Å²) in [5, 5.41) is 0. The molecular formula is C13H19NO3S. The van der Waals surface area contributed by atoms with Crippen LogP contribution in [0.25, 0.3) is 0 Å². The topological polar surface area (TPSA) is 46.6 Å². The summed E-state index contributed by atoms with van der Waals surface area (Å²) < 4.78 is 27.0. The number of hydrogen-bond acceptors (Lipinski definition) is 4. The largest absolute Gasteiger partial charge is 0.371 e. The van der Waals surface area contributed by atoms with E-state index in [4.69, 9.17) is 4.18 Å². The Morgan fingerprint density at radius 3 is 2.50 bits per heavy atom. The molecule has 2 rings (SSSR count). The molecule has 1 saturated heterocycles. The fourth-order valence-corrected chi connectivity index (χ4v) is 2.59. The van der Waals surface area contributed by atoms with Crippen LogP contribution in [0.3, 0.4) is 0 Å². The summed E-state index contributed by atoms with van der Waals surface area (Å²) in [6, 6.07) is 7.85. The Balaban J connectivity index is 2.14. The van der Waals surface area contributed by atoms with Gasteiger partial charge in [-0.1, -0.05) is 18.2 Å². The highest BCUT2D eigenvalue weighted by atomic mass is 32.2. The minimum absolute atomic E-state index is 0.117. The first kappa shape index (κ1) is 13.4. The molecule has 0 N–H and O–H groups in total. The Bertz CT molecular complexity index is 493. The van der Waals surface area contributed by atoms with Crippen molar-refractivity contribution in [2.24, 2.45) is 0 Å². The first-order chi connectivity index (χ1) is 8.56. The van der Waals surface area contributed by atoms with Crippen molar-refractivity contribution < 1.29 is 12.6 Å². The van der Waals surface area contributed by atoms with Crippen LogP contribution in [0.15, 0.2) is 24.3 Å². The van der Waals surface area contributed by atoms with Crippen molar-refractivity contribution in [1.29, 1.82) is 0 Å². The van der Waals surface area contributed by atoms with Crippen molar-refractivity contribution in [3.05, 3.63) is 29.8 Å². The lowest BCUT2D eigenvalue weighted by Crippen LogP contribution is -2.30. The van der Waals surface area contributed by atoms with Gasteiger partial charge in [0.15, 0.2) is 0 Å². The van der Waals surface area contributed by atoms with Gasteiger partial charge in [-0.25, -0.2) is 0 Å². The van der Waals surface area contributed by atoms with E-state index in [9.17, 15) is 8.42 Å².